The Morgan fingerprint density at radius 1 is 1.22 bits per heavy atom. The standard InChI is InChI=1S/C12H20N2O4/c1-12(2,3)14-9(15)4-5-13-10(16)7-6-8(7)11(17)18/h7-8H,4-6H2,1-3H3,(H,13,16)(H,14,15)(H,17,18)/t7-,8+/m1/s1. The Labute approximate surface area is 106 Å². The van der Waals surface area contributed by atoms with E-state index >= 15 is 0 Å². The number of rotatable bonds is 5. The van der Waals surface area contributed by atoms with E-state index in [2.05, 4.69) is 10.6 Å². The maximum Gasteiger partial charge on any atom is 0.307 e. The van der Waals surface area contributed by atoms with Crippen LogP contribution in [0.1, 0.15) is 33.6 Å². The van der Waals surface area contributed by atoms with Gasteiger partial charge in [0, 0.05) is 18.5 Å². The molecule has 0 saturated heterocycles. The minimum absolute atomic E-state index is 0.131. The lowest BCUT2D eigenvalue weighted by molar-refractivity contribution is -0.140. The topological polar surface area (TPSA) is 95.5 Å². The Balaban J connectivity index is 2.17. The van der Waals surface area contributed by atoms with Gasteiger partial charge >= 0.3 is 5.97 Å². The SMILES string of the molecule is CC(C)(C)NC(=O)CCNC(=O)[C@@H]1C[C@@H]1C(=O)O. The van der Waals surface area contributed by atoms with Crippen LogP contribution in [0.2, 0.25) is 0 Å². The third kappa shape index (κ3) is 4.73. The Hall–Kier alpha value is -1.59. The molecule has 2 amide bonds. The number of nitrogens with one attached hydrogen (secondary N) is 2. The van der Waals surface area contributed by atoms with Crippen molar-refractivity contribution < 1.29 is 19.5 Å². The van der Waals surface area contributed by atoms with Gasteiger partial charge in [-0.05, 0) is 27.2 Å². The molecule has 0 unspecified atom stereocenters. The molecule has 1 saturated carbocycles. The third-order valence-electron chi connectivity index (χ3n) is 2.61. The molecule has 6 nitrogen and oxygen atoms in total. The summed E-state index contributed by atoms with van der Waals surface area (Å²) in [7, 11) is 0. The van der Waals surface area contributed by atoms with Crippen LogP contribution in [-0.2, 0) is 14.4 Å². The second kappa shape index (κ2) is 5.37. The fraction of sp³-hybridized carbons (Fsp3) is 0.750. The highest BCUT2D eigenvalue weighted by molar-refractivity contribution is 5.89. The number of carboxylic acid groups (broad SMARTS) is 1. The van der Waals surface area contributed by atoms with Crippen LogP contribution >= 0.6 is 0 Å². The average molecular weight is 256 g/mol. The molecule has 0 radical (unpaired) electrons. The molecule has 102 valence electrons. The van der Waals surface area contributed by atoms with Crippen molar-refractivity contribution >= 4 is 17.8 Å². The summed E-state index contributed by atoms with van der Waals surface area (Å²) in [5, 5.41) is 14.0. The zero-order chi connectivity index (χ0) is 13.9. The molecule has 0 aromatic heterocycles. The summed E-state index contributed by atoms with van der Waals surface area (Å²) in [6.45, 7) is 5.88. The van der Waals surface area contributed by atoms with Crippen LogP contribution in [0.5, 0.6) is 0 Å². The lowest BCUT2D eigenvalue weighted by Gasteiger charge is -2.20. The molecule has 3 N–H and O–H groups in total. The molecule has 0 bridgehead atoms. The van der Waals surface area contributed by atoms with Crippen molar-refractivity contribution in [1.82, 2.24) is 10.6 Å². The quantitative estimate of drug-likeness (QED) is 0.651. The van der Waals surface area contributed by atoms with Crippen LogP contribution in [0.3, 0.4) is 0 Å². The summed E-state index contributed by atoms with van der Waals surface area (Å²) < 4.78 is 0. The van der Waals surface area contributed by atoms with E-state index < -0.39 is 17.8 Å². The van der Waals surface area contributed by atoms with Crippen molar-refractivity contribution in [2.75, 3.05) is 6.54 Å². The van der Waals surface area contributed by atoms with E-state index in [1.165, 1.54) is 0 Å². The minimum Gasteiger partial charge on any atom is -0.481 e. The second-order valence-electron chi connectivity index (χ2n) is 5.63. The van der Waals surface area contributed by atoms with Crippen molar-refractivity contribution in [2.24, 2.45) is 11.8 Å². The Bertz CT molecular complexity index is 360. The van der Waals surface area contributed by atoms with Crippen molar-refractivity contribution in [3.63, 3.8) is 0 Å². The number of carbonyl (C=O) groups is 3. The van der Waals surface area contributed by atoms with E-state index in [1.54, 1.807) is 0 Å². The van der Waals surface area contributed by atoms with E-state index in [1.807, 2.05) is 20.8 Å². The normalized spacial score (nSPS) is 22.2. The highest BCUT2D eigenvalue weighted by Gasteiger charge is 2.48. The predicted molar refractivity (Wildman–Crippen MR) is 64.8 cm³/mol. The summed E-state index contributed by atoms with van der Waals surface area (Å²) >= 11 is 0. The fourth-order valence-electron chi connectivity index (χ4n) is 1.67. The molecular formula is C12H20N2O4. The summed E-state index contributed by atoms with van der Waals surface area (Å²) in [5.74, 6) is -2.30. The highest BCUT2D eigenvalue weighted by Crippen LogP contribution is 2.38. The third-order valence-corrected chi connectivity index (χ3v) is 2.61. The first kappa shape index (κ1) is 14.5. The first-order valence-corrected chi connectivity index (χ1v) is 6.02. The lowest BCUT2D eigenvalue weighted by Crippen LogP contribution is -2.42. The van der Waals surface area contributed by atoms with E-state index in [4.69, 9.17) is 5.11 Å². The first-order valence-electron chi connectivity index (χ1n) is 6.02. The summed E-state index contributed by atoms with van der Waals surface area (Å²) in [6.07, 6.45) is 0.600. The Kier molecular flexibility index (Phi) is 4.32. The van der Waals surface area contributed by atoms with Crippen LogP contribution in [-0.4, -0.2) is 35.0 Å². The van der Waals surface area contributed by atoms with Gasteiger partial charge in [0.2, 0.25) is 11.8 Å². The maximum absolute atomic E-state index is 11.5. The summed E-state index contributed by atoms with van der Waals surface area (Å²) in [5.41, 5.74) is -0.286. The molecule has 0 aliphatic heterocycles. The maximum atomic E-state index is 11.5. The molecule has 1 aliphatic carbocycles. The number of carboxylic acids is 1. The van der Waals surface area contributed by atoms with Gasteiger partial charge in [0.25, 0.3) is 0 Å². The van der Waals surface area contributed by atoms with Crippen molar-refractivity contribution in [1.29, 1.82) is 0 Å². The molecule has 0 aromatic carbocycles. The highest BCUT2D eigenvalue weighted by atomic mass is 16.4. The molecule has 1 fully saturated rings. The molecule has 1 rings (SSSR count). The molecule has 0 spiro atoms. The van der Waals surface area contributed by atoms with E-state index in [-0.39, 0.29) is 30.3 Å². The molecule has 18 heavy (non-hydrogen) atoms. The van der Waals surface area contributed by atoms with E-state index in [9.17, 15) is 14.4 Å². The van der Waals surface area contributed by atoms with Gasteiger partial charge in [-0.25, -0.2) is 0 Å². The largest absolute Gasteiger partial charge is 0.481 e. The monoisotopic (exact) mass is 256 g/mol. The number of aliphatic carboxylic acids is 1. The van der Waals surface area contributed by atoms with Gasteiger partial charge in [0.15, 0.2) is 0 Å². The molecule has 2 atom stereocenters. The van der Waals surface area contributed by atoms with Gasteiger partial charge in [-0.3, -0.25) is 14.4 Å². The molecular weight excluding hydrogens is 236 g/mol. The van der Waals surface area contributed by atoms with Crippen LogP contribution in [0, 0.1) is 11.8 Å². The van der Waals surface area contributed by atoms with Gasteiger partial charge in [-0.2, -0.15) is 0 Å². The number of amides is 2. The average Bonchev–Trinajstić information content (AvgIpc) is 2.93. The summed E-state index contributed by atoms with van der Waals surface area (Å²) in [6, 6.07) is 0. The smallest absolute Gasteiger partial charge is 0.307 e. The van der Waals surface area contributed by atoms with Gasteiger partial charge < -0.3 is 15.7 Å². The Morgan fingerprint density at radius 3 is 2.28 bits per heavy atom. The Morgan fingerprint density at radius 2 is 1.83 bits per heavy atom. The zero-order valence-electron chi connectivity index (χ0n) is 10.9. The predicted octanol–water partition coefficient (Wildman–Crippen LogP) is 0.128. The van der Waals surface area contributed by atoms with Crippen LogP contribution in [0.25, 0.3) is 0 Å². The van der Waals surface area contributed by atoms with Gasteiger partial charge in [-0.1, -0.05) is 0 Å². The lowest BCUT2D eigenvalue weighted by atomic mass is 10.1. The van der Waals surface area contributed by atoms with Crippen molar-refractivity contribution in [3.8, 4) is 0 Å². The van der Waals surface area contributed by atoms with Gasteiger partial charge in [-0.15, -0.1) is 0 Å². The number of carbonyl (C=O) groups excluding carboxylic acids is 2. The molecule has 0 aromatic rings. The number of hydrogen-bond acceptors (Lipinski definition) is 3. The van der Waals surface area contributed by atoms with Crippen LogP contribution in [0.4, 0.5) is 0 Å². The van der Waals surface area contributed by atoms with E-state index in [0.29, 0.717) is 6.42 Å². The van der Waals surface area contributed by atoms with E-state index in [0.717, 1.165) is 0 Å². The van der Waals surface area contributed by atoms with Crippen molar-refractivity contribution in [3.05, 3.63) is 0 Å². The fourth-order valence-corrected chi connectivity index (χ4v) is 1.67. The van der Waals surface area contributed by atoms with Crippen LogP contribution < -0.4 is 10.6 Å². The first-order chi connectivity index (χ1) is 8.20. The zero-order valence-corrected chi connectivity index (χ0v) is 10.9. The minimum atomic E-state index is -0.930. The molecule has 1 aliphatic rings. The summed E-state index contributed by atoms with van der Waals surface area (Å²) in [4.78, 5) is 33.5. The molecule has 6 heteroatoms. The van der Waals surface area contributed by atoms with Crippen LogP contribution in [0.15, 0.2) is 0 Å². The number of hydrogen-bond donors (Lipinski definition) is 3. The van der Waals surface area contributed by atoms with Crippen molar-refractivity contribution in [2.45, 2.75) is 39.2 Å². The molecule has 0 heterocycles. The van der Waals surface area contributed by atoms with Gasteiger partial charge in [0.1, 0.15) is 0 Å². The van der Waals surface area contributed by atoms with Gasteiger partial charge in [0.05, 0.1) is 11.8 Å². The second-order valence-corrected chi connectivity index (χ2v) is 5.63.